The van der Waals surface area contributed by atoms with Crippen molar-refractivity contribution in [3.63, 3.8) is 0 Å². The van der Waals surface area contributed by atoms with E-state index in [0.29, 0.717) is 16.3 Å². The fourth-order valence-corrected chi connectivity index (χ4v) is 3.68. The molecule has 4 rings (SSSR count). The Bertz CT molecular complexity index is 1250. The van der Waals surface area contributed by atoms with Crippen molar-refractivity contribution in [2.45, 2.75) is 12.5 Å². The van der Waals surface area contributed by atoms with Gasteiger partial charge in [-0.25, -0.2) is 4.79 Å². The highest BCUT2D eigenvalue weighted by molar-refractivity contribution is 6.35. The Balaban J connectivity index is 1.46. The predicted molar refractivity (Wildman–Crippen MR) is 118 cm³/mol. The van der Waals surface area contributed by atoms with Crippen LogP contribution < -0.4 is 10.1 Å². The molecule has 1 amide bonds. The predicted octanol–water partition coefficient (Wildman–Crippen LogP) is 3.65. The molecule has 0 bridgehead atoms. The van der Waals surface area contributed by atoms with Crippen LogP contribution in [-0.4, -0.2) is 41.6 Å². The number of nitrogens with zero attached hydrogens (tertiary/aromatic N) is 1. The number of amides is 1. The largest absolute Gasteiger partial charge is 0.481 e. The number of ether oxygens (including phenoxy) is 2. The van der Waals surface area contributed by atoms with Gasteiger partial charge in [-0.2, -0.15) is 0 Å². The molecule has 4 aromatic rings. The topological polar surface area (TPSA) is 93.3 Å². The van der Waals surface area contributed by atoms with Crippen molar-refractivity contribution in [2.75, 3.05) is 13.7 Å². The van der Waals surface area contributed by atoms with Crippen LogP contribution >= 0.6 is 11.6 Å². The fourth-order valence-electron chi connectivity index (χ4n) is 3.46. The van der Waals surface area contributed by atoms with E-state index in [1.807, 2.05) is 36.5 Å². The molecule has 1 unspecified atom stereocenters. The number of H-pyrrole nitrogens is 1. The highest BCUT2D eigenvalue weighted by Gasteiger charge is 2.23. The molecule has 2 heterocycles. The van der Waals surface area contributed by atoms with Gasteiger partial charge in [-0.15, -0.1) is 0 Å². The van der Waals surface area contributed by atoms with E-state index in [9.17, 15) is 9.59 Å². The summed E-state index contributed by atoms with van der Waals surface area (Å²) in [6, 6.07) is 13.9. The number of hydrogen-bond donors (Lipinski definition) is 2. The third kappa shape index (κ3) is 4.46. The van der Waals surface area contributed by atoms with E-state index < -0.39 is 17.9 Å². The summed E-state index contributed by atoms with van der Waals surface area (Å²) < 4.78 is 10.5. The van der Waals surface area contributed by atoms with E-state index >= 15 is 0 Å². The number of methoxy groups -OCH3 is 1. The zero-order valence-electron chi connectivity index (χ0n) is 16.7. The van der Waals surface area contributed by atoms with Crippen LogP contribution in [-0.2, 0) is 20.7 Å². The number of aromatic amines is 1. The zero-order chi connectivity index (χ0) is 21.8. The first kappa shape index (κ1) is 20.7. The molecule has 2 aromatic carbocycles. The van der Waals surface area contributed by atoms with Crippen molar-refractivity contribution >= 4 is 45.3 Å². The van der Waals surface area contributed by atoms with Crippen molar-refractivity contribution in [3.05, 3.63) is 71.5 Å². The normalized spacial score (nSPS) is 11.9. The van der Waals surface area contributed by atoms with Gasteiger partial charge in [-0.05, 0) is 35.9 Å². The summed E-state index contributed by atoms with van der Waals surface area (Å²) >= 11 is 6.19. The molecule has 0 spiro atoms. The second kappa shape index (κ2) is 9.06. The van der Waals surface area contributed by atoms with E-state index in [2.05, 4.69) is 15.3 Å². The van der Waals surface area contributed by atoms with Crippen LogP contribution in [0.3, 0.4) is 0 Å². The molecule has 0 saturated carbocycles. The van der Waals surface area contributed by atoms with Gasteiger partial charge in [-0.1, -0.05) is 29.8 Å². The average Bonchev–Trinajstić information content (AvgIpc) is 3.21. The highest BCUT2D eigenvalue weighted by Crippen LogP contribution is 2.29. The van der Waals surface area contributed by atoms with Crippen molar-refractivity contribution in [3.8, 4) is 5.75 Å². The number of fused-ring (bicyclic) bond motifs is 2. The van der Waals surface area contributed by atoms with Crippen LogP contribution in [0, 0.1) is 0 Å². The number of para-hydroxylation sites is 1. The molecule has 2 aromatic heterocycles. The Morgan fingerprint density at radius 2 is 1.94 bits per heavy atom. The molecule has 0 aliphatic heterocycles. The summed E-state index contributed by atoms with van der Waals surface area (Å²) in [6.07, 6.45) is 3.74. The van der Waals surface area contributed by atoms with Crippen LogP contribution in [0.1, 0.15) is 5.56 Å². The third-order valence-corrected chi connectivity index (χ3v) is 5.29. The first-order valence-corrected chi connectivity index (χ1v) is 10.0. The number of carbonyl (C=O) groups excluding carboxylic acids is 2. The molecule has 158 valence electrons. The maximum absolute atomic E-state index is 12.5. The number of hydrogen-bond acceptors (Lipinski definition) is 5. The maximum atomic E-state index is 12.5. The van der Waals surface area contributed by atoms with Crippen molar-refractivity contribution in [1.29, 1.82) is 0 Å². The highest BCUT2D eigenvalue weighted by atomic mass is 35.5. The molecule has 0 aliphatic carbocycles. The maximum Gasteiger partial charge on any atom is 0.328 e. The minimum atomic E-state index is -0.847. The summed E-state index contributed by atoms with van der Waals surface area (Å²) in [6.45, 7) is -0.283. The lowest BCUT2D eigenvalue weighted by Crippen LogP contribution is -2.44. The Kier molecular flexibility index (Phi) is 6.04. The molecule has 1 atom stereocenters. The Morgan fingerprint density at radius 1 is 1.13 bits per heavy atom. The number of carbonyl (C=O) groups is 2. The van der Waals surface area contributed by atoms with E-state index in [4.69, 9.17) is 21.1 Å². The van der Waals surface area contributed by atoms with Gasteiger partial charge in [0.15, 0.2) is 6.61 Å². The van der Waals surface area contributed by atoms with E-state index in [0.717, 1.165) is 21.9 Å². The number of rotatable bonds is 7. The van der Waals surface area contributed by atoms with Crippen molar-refractivity contribution < 1.29 is 19.1 Å². The lowest BCUT2D eigenvalue weighted by molar-refractivity contribution is -0.145. The van der Waals surface area contributed by atoms with Crippen LogP contribution in [0.4, 0.5) is 0 Å². The van der Waals surface area contributed by atoms with Gasteiger partial charge in [0, 0.05) is 35.1 Å². The van der Waals surface area contributed by atoms with Crippen LogP contribution in [0.5, 0.6) is 5.75 Å². The van der Waals surface area contributed by atoms with Gasteiger partial charge in [0.2, 0.25) is 0 Å². The fraction of sp³-hybridized carbons (Fsp3) is 0.174. The molecule has 31 heavy (non-hydrogen) atoms. The number of aromatic nitrogens is 2. The second-order valence-electron chi connectivity index (χ2n) is 6.94. The molecule has 0 aliphatic rings. The Hall–Kier alpha value is -3.58. The first-order valence-electron chi connectivity index (χ1n) is 9.65. The Morgan fingerprint density at radius 3 is 2.77 bits per heavy atom. The number of pyridine rings is 1. The molecule has 0 saturated heterocycles. The summed E-state index contributed by atoms with van der Waals surface area (Å²) in [4.78, 5) is 32.3. The molecule has 8 heteroatoms. The summed E-state index contributed by atoms with van der Waals surface area (Å²) in [7, 11) is 1.29. The molecular formula is C23H20ClN3O4. The minimum Gasteiger partial charge on any atom is -0.481 e. The summed E-state index contributed by atoms with van der Waals surface area (Å²) in [5, 5.41) is 4.96. The molecule has 2 N–H and O–H groups in total. The minimum absolute atomic E-state index is 0.283. The number of esters is 1. The summed E-state index contributed by atoms with van der Waals surface area (Å²) in [5.41, 5.74) is 2.42. The molecule has 0 fully saturated rings. The van der Waals surface area contributed by atoms with E-state index in [-0.39, 0.29) is 13.0 Å². The van der Waals surface area contributed by atoms with Gasteiger partial charge in [0.05, 0.1) is 12.1 Å². The van der Waals surface area contributed by atoms with E-state index in [1.54, 1.807) is 24.4 Å². The molecule has 0 radical (unpaired) electrons. The van der Waals surface area contributed by atoms with Gasteiger partial charge >= 0.3 is 5.97 Å². The summed E-state index contributed by atoms with van der Waals surface area (Å²) in [5.74, 6) is -0.548. The van der Waals surface area contributed by atoms with Crippen LogP contribution in [0.25, 0.3) is 21.8 Å². The zero-order valence-corrected chi connectivity index (χ0v) is 17.5. The number of halogens is 1. The first-order chi connectivity index (χ1) is 15.1. The van der Waals surface area contributed by atoms with E-state index in [1.165, 1.54) is 7.11 Å². The van der Waals surface area contributed by atoms with Crippen molar-refractivity contribution in [2.24, 2.45) is 0 Å². The van der Waals surface area contributed by atoms with Gasteiger partial charge < -0.3 is 19.8 Å². The van der Waals surface area contributed by atoms with Gasteiger partial charge in [-0.3, -0.25) is 9.78 Å². The van der Waals surface area contributed by atoms with Gasteiger partial charge in [0.1, 0.15) is 17.3 Å². The third-order valence-electron chi connectivity index (χ3n) is 4.96. The van der Waals surface area contributed by atoms with Crippen molar-refractivity contribution in [1.82, 2.24) is 15.3 Å². The smallest absolute Gasteiger partial charge is 0.328 e. The number of benzene rings is 2. The molecular weight excluding hydrogens is 418 g/mol. The SMILES string of the molecule is COC(=O)C(Cc1c[nH]c2ccccc12)NC(=O)COc1ccc(Cl)c2cccnc12. The molecule has 7 nitrogen and oxygen atoms in total. The Labute approximate surface area is 183 Å². The lowest BCUT2D eigenvalue weighted by Gasteiger charge is -2.17. The standard InChI is InChI=1S/C23H20ClN3O4/c1-30-23(29)19(11-14-12-26-18-7-3-2-5-15(14)18)27-21(28)13-31-20-9-8-17(24)16-6-4-10-25-22(16)20/h2-10,12,19,26H,11,13H2,1H3,(H,27,28). The van der Waals surface area contributed by atoms with Gasteiger partial charge in [0.25, 0.3) is 5.91 Å². The lowest BCUT2D eigenvalue weighted by atomic mass is 10.0. The van der Waals surface area contributed by atoms with Crippen LogP contribution in [0.2, 0.25) is 5.02 Å². The second-order valence-corrected chi connectivity index (χ2v) is 7.35. The van der Waals surface area contributed by atoms with Crippen LogP contribution in [0.15, 0.2) is 60.9 Å². The monoisotopic (exact) mass is 437 g/mol. The quantitative estimate of drug-likeness (QED) is 0.430. The number of nitrogens with one attached hydrogen (secondary N) is 2. The average molecular weight is 438 g/mol.